The minimum atomic E-state index is -2.74. The average Bonchev–Trinajstić information content (AvgIpc) is 3.37. The smallest absolute Gasteiger partial charge is 0.336 e. The molecular weight excluding hydrogens is 500 g/mol. The minimum absolute atomic E-state index is 0.234. The monoisotopic (exact) mass is 534 g/mol. The van der Waals surface area contributed by atoms with Crippen molar-refractivity contribution in [1.82, 2.24) is 4.90 Å². The second-order valence-electron chi connectivity index (χ2n) is 8.83. The SMILES string of the molecule is CCC(=O)N(c1ccccc1)C1CCN(CCc2cccs2)CC1.O=C(O)CC(O)(CC(=O)O)C(=O)O. The number of carbonyl (C=O) groups excluding carboxylic acids is 1. The quantitative estimate of drug-likeness (QED) is 0.340. The van der Waals surface area contributed by atoms with Gasteiger partial charge in [0.1, 0.15) is 0 Å². The standard InChI is InChI=1S/C20H26N2OS.C6H8O7/c1-2-20(23)22(17-7-4-3-5-8-17)18-10-13-21(14-11-18)15-12-19-9-6-16-24-19;7-3(8)1-6(13,5(11)12)2-4(9)10/h3-9,16,18H,2,10-15H2,1H3;13H,1-2H2,(H,7,8)(H,9,10)(H,11,12). The highest BCUT2D eigenvalue weighted by atomic mass is 32.1. The molecule has 1 aromatic heterocycles. The van der Waals surface area contributed by atoms with Crippen molar-refractivity contribution in [2.45, 2.75) is 57.1 Å². The summed E-state index contributed by atoms with van der Waals surface area (Å²) >= 11 is 1.84. The Morgan fingerprint density at radius 3 is 2.03 bits per heavy atom. The number of aliphatic carboxylic acids is 3. The molecule has 0 unspecified atom stereocenters. The van der Waals surface area contributed by atoms with Gasteiger partial charge in [0.2, 0.25) is 5.91 Å². The number of amides is 1. The van der Waals surface area contributed by atoms with Gasteiger partial charge < -0.3 is 30.2 Å². The number of anilines is 1. The van der Waals surface area contributed by atoms with Gasteiger partial charge in [0.25, 0.3) is 0 Å². The summed E-state index contributed by atoms with van der Waals surface area (Å²) in [6, 6.07) is 14.8. The summed E-state index contributed by atoms with van der Waals surface area (Å²) in [6.45, 7) is 5.24. The summed E-state index contributed by atoms with van der Waals surface area (Å²) in [5, 5.41) is 36.0. The van der Waals surface area contributed by atoms with Gasteiger partial charge in [-0.25, -0.2) is 4.79 Å². The normalized spacial score (nSPS) is 14.3. The predicted molar refractivity (Wildman–Crippen MR) is 139 cm³/mol. The second kappa shape index (κ2) is 14.5. The molecular formula is C26H34N2O8S. The van der Waals surface area contributed by atoms with E-state index < -0.39 is 36.4 Å². The molecule has 1 amide bonds. The summed E-state index contributed by atoms with van der Waals surface area (Å²) in [5.74, 6) is -4.78. The Morgan fingerprint density at radius 1 is 0.973 bits per heavy atom. The molecule has 0 radical (unpaired) electrons. The maximum atomic E-state index is 12.5. The first kappa shape index (κ1) is 29.9. The number of carboxylic acid groups (broad SMARTS) is 3. The van der Waals surface area contributed by atoms with Crippen LogP contribution in [0.4, 0.5) is 5.69 Å². The number of rotatable bonds is 11. The Balaban J connectivity index is 0.000000317. The molecule has 1 aromatic carbocycles. The van der Waals surface area contributed by atoms with Crippen molar-refractivity contribution < 1.29 is 39.6 Å². The van der Waals surface area contributed by atoms with Crippen molar-refractivity contribution in [1.29, 1.82) is 0 Å². The number of aliphatic hydroxyl groups is 1. The van der Waals surface area contributed by atoms with Gasteiger partial charge in [0.15, 0.2) is 5.60 Å². The molecule has 37 heavy (non-hydrogen) atoms. The van der Waals surface area contributed by atoms with E-state index in [1.165, 1.54) is 4.88 Å². The van der Waals surface area contributed by atoms with E-state index in [1.807, 2.05) is 41.4 Å². The van der Waals surface area contributed by atoms with Crippen LogP contribution >= 0.6 is 11.3 Å². The highest BCUT2D eigenvalue weighted by Gasteiger charge is 2.40. The molecule has 0 bridgehead atoms. The molecule has 2 aromatic rings. The van der Waals surface area contributed by atoms with E-state index in [4.69, 9.17) is 20.4 Å². The van der Waals surface area contributed by atoms with Gasteiger partial charge in [0, 0.05) is 42.7 Å². The number of para-hydroxylation sites is 1. The predicted octanol–water partition coefficient (Wildman–Crippen LogP) is 2.95. The Hall–Kier alpha value is -3.28. The van der Waals surface area contributed by atoms with E-state index >= 15 is 0 Å². The van der Waals surface area contributed by atoms with Gasteiger partial charge in [-0.1, -0.05) is 31.2 Å². The summed E-state index contributed by atoms with van der Waals surface area (Å²) < 4.78 is 0. The number of thiophene rings is 1. The Labute approximate surface area is 219 Å². The number of likely N-dealkylation sites (tertiary alicyclic amines) is 1. The maximum absolute atomic E-state index is 12.5. The number of carbonyl (C=O) groups is 4. The zero-order valence-corrected chi connectivity index (χ0v) is 21.6. The summed E-state index contributed by atoms with van der Waals surface area (Å²) in [4.78, 5) is 49.0. The van der Waals surface area contributed by atoms with Crippen LogP contribution in [-0.2, 0) is 25.6 Å². The van der Waals surface area contributed by atoms with Gasteiger partial charge in [-0.05, 0) is 42.8 Å². The Morgan fingerprint density at radius 2 is 1.57 bits per heavy atom. The largest absolute Gasteiger partial charge is 0.481 e. The molecule has 10 nitrogen and oxygen atoms in total. The molecule has 0 saturated carbocycles. The van der Waals surface area contributed by atoms with Crippen molar-refractivity contribution in [2.24, 2.45) is 0 Å². The molecule has 1 fully saturated rings. The molecule has 1 aliphatic heterocycles. The average molecular weight is 535 g/mol. The third-order valence-electron chi connectivity index (χ3n) is 6.07. The van der Waals surface area contributed by atoms with E-state index in [1.54, 1.807) is 0 Å². The van der Waals surface area contributed by atoms with Gasteiger partial charge in [-0.2, -0.15) is 0 Å². The fourth-order valence-electron chi connectivity index (χ4n) is 4.16. The van der Waals surface area contributed by atoms with Crippen LogP contribution < -0.4 is 4.90 Å². The van der Waals surface area contributed by atoms with E-state index in [2.05, 4.69) is 34.5 Å². The van der Waals surface area contributed by atoms with E-state index in [0.717, 1.165) is 44.6 Å². The Bertz CT molecular complexity index is 1000. The number of hydrogen-bond acceptors (Lipinski definition) is 7. The lowest BCUT2D eigenvalue weighted by Gasteiger charge is -2.38. The van der Waals surface area contributed by atoms with Crippen molar-refractivity contribution in [3.05, 3.63) is 52.7 Å². The fourth-order valence-corrected chi connectivity index (χ4v) is 4.85. The second-order valence-corrected chi connectivity index (χ2v) is 9.87. The van der Waals surface area contributed by atoms with Gasteiger partial charge >= 0.3 is 17.9 Å². The lowest BCUT2D eigenvalue weighted by molar-refractivity contribution is -0.170. The van der Waals surface area contributed by atoms with Crippen LogP contribution in [0.1, 0.15) is 43.9 Å². The van der Waals surface area contributed by atoms with Crippen LogP contribution in [0.5, 0.6) is 0 Å². The van der Waals surface area contributed by atoms with Crippen LogP contribution in [-0.4, -0.2) is 80.4 Å². The van der Waals surface area contributed by atoms with E-state index in [9.17, 15) is 19.2 Å². The molecule has 1 aliphatic rings. The van der Waals surface area contributed by atoms with Crippen molar-refractivity contribution in [3.8, 4) is 0 Å². The molecule has 0 aliphatic carbocycles. The molecule has 1 saturated heterocycles. The highest BCUT2D eigenvalue weighted by molar-refractivity contribution is 7.09. The van der Waals surface area contributed by atoms with Crippen LogP contribution in [0.3, 0.4) is 0 Å². The maximum Gasteiger partial charge on any atom is 0.336 e. The fraction of sp³-hybridized carbons (Fsp3) is 0.462. The summed E-state index contributed by atoms with van der Waals surface area (Å²) in [6.07, 6.45) is 1.53. The minimum Gasteiger partial charge on any atom is -0.481 e. The lowest BCUT2D eigenvalue weighted by atomic mass is 9.96. The van der Waals surface area contributed by atoms with Crippen LogP contribution in [0.2, 0.25) is 0 Å². The third kappa shape index (κ3) is 9.60. The van der Waals surface area contributed by atoms with Crippen LogP contribution in [0.15, 0.2) is 47.8 Å². The van der Waals surface area contributed by atoms with E-state index in [-0.39, 0.29) is 5.91 Å². The van der Waals surface area contributed by atoms with Gasteiger partial charge in [0.05, 0.1) is 12.8 Å². The summed E-state index contributed by atoms with van der Waals surface area (Å²) in [5.41, 5.74) is -1.70. The molecule has 202 valence electrons. The first-order chi connectivity index (χ1) is 17.6. The molecule has 0 atom stereocenters. The van der Waals surface area contributed by atoms with Gasteiger partial charge in [-0.15, -0.1) is 11.3 Å². The first-order valence-corrected chi connectivity index (χ1v) is 12.9. The van der Waals surface area contributed by atoms with Crippen molar-refractivity contribution >= 4 is 40.8 Å². The topological polar surface area (TPSA) is 156 Å². The number of nitrogens with zero attached hydrogens (tertiary/aromatic N) is 2. The highest BCUT2D eigenvalue weighted by Crippen LogP contribution is 2.25. The molecule has 11 heteroatoms. The van der Waals surface area contributed by atoms with Crippen LogP contribution in [0.25, 0.3) is 0 Å². The zero-order valence-electron chi connectivity index (χ0n) is 20.8. The van der Waals surface area contributed by atoms with Crippen LogP contribution in [0, 0.1) is 0 Å². The van der Waals surface area contributed by atoms with Crippen molar-refractivity contribution in [2.75, 3.05) is 24.5 Å². The summed E-state index contributed by atoms with van der Waals surface area (Å²) in [7, 11) is 0. The number of carboxylic acids is 3. The number of benzene rings is 1. The molecule has 0 spiro atoms. The number of piperidine rings is 1. The van der Waals surface area contributed by atoms with E-state index in [0.29, 0.717) is 12.5 Å². The first-order valence-electron chi connectivity index (χ1n) is 12.1. The molecule has 2 heterocycles. The van der Waals surface area contributed by atoms with Crippen molar-refractivity contribution in [3.63, 3.8) is 0 Å². The lowest BCUT2D eigenvalue weighted by Crippen LogP contribution is -2.47. The number of hydrogen-bond donors (Lipinski definition) is 4. The molecule has 4 N–H and O–H groups in total. The third-order valence-corrected chi connectivity index (χ3v) is 7.00. The molecule has 3 rings (SSSR count). The zero-order chi connectivity index (χ0) is 27.4. The Kier molecular flexibility index (Phi) is 11.7. The van der Waals surface area contributed by atoms with Gasteiger partial charge in [-0.3, -0.25) is 14.4 Å².